The first kappa shape index (κ1) is 16.1. The van der Waals surface area contributed by atoms with Gasteiger partial charge in [0, 0.05) is 12.8 Å². The van der Waals surface area contributed by atoms with E-state index in [0.717, 1.165) is 31.4 Å². The molecule has 0 spiro atoms. The van der Waals surface area contributed by atoms with Gasteiger partial charge in [-0.25, -0.2) is 0 Å². The van der Waals surface area contributed by atoms with Crippen molar-refractivity contribution in [3.8, 4) is 0 Å². The minimum Gasteiger partial charge on any atom is -0.495 e. The summed E-state index contributed by atoms with van der Waals surface area (Å²) in [6, 6.07) is 0. The Bertz CT molecular complexity index is 235. The van der Waals surface area contributed by atoms with Crippen LogP contribution in [0.4, 0.5) is 0 Å². The fraction of sp³-hybridized carbons (Fsp3) is 0.812. The quantitative estimate of drug-likeness (QED) is 0.612. The molecule has 1 fully saturated rings. The molecule has 0 atom stereocenters. The van der Waals surface area contributed by atoms with E-state index in [0.29, 0.717) is 19.6 Å². The van der Waals surface area contributed by atoms with E-state index >= 15 is 0 Å². The van der Waals surface area contributed by atoms with E-state index in [2.05, 4.69) is 6.58 Å². The molecule has 0 aromatic heterocycles. The van der Waals surface area contributed by atoms with E-state index in [1.165, 1.54) is 38.5 Å². The Morgan fingerprint density at radius 3 is 1.79 bits per heavy atom. The van der Waals surface area contributed by atoms with Crippen molar-refractivity contribution in [1.29, 1.82) is 0 Å². The van der Waals surface area contributed by atoms with Gasteiger partial charge in [0.2, 0.25) is 0 Å². The van der Waals surface area contributed by atoms with E-state index in [4.69, 9.17) is 9.47 Å². The normalized spacial score (nSPS) is 22.1. The standard InChI is InChI=1S/C16H28O3/c1-15-11-9-7-5-3-2-4-6-8-10-12-16(17)19-14-13-18-15/h1-14H2. The van der Waals surface area contributed by atoms with Crippen LogP contribution in [0.15, 0.2) is 12.3 Å². The van der Waals surface area contributed by atoms with Gasteiger partial charge in [-0.15, -0.1) is 0 Å². The summed E-state index contributed by atoms with van der Waals surface area (Å²) in [6.07, 6.45) is 12.5. The van der Waals surface area contributed by atoms with E-state index in [1.807, 2.05) is 0 Å². The number of rotatable bonds is 0. The zero-order valence-corrected chi connectivity index (χ0v) is 12.1. The predicted molar refractivity (Wildman–Crippen MR) is 76.8 cm³/mol. The van der Waals surface area contributed by atoms with Gasteiger partial charge in [-0.3, -0.25) is 4.79 Å². The zero-order valence-electron chi connectivity index (χ0n) is 12.1. The number of ether oxygens (including phenoxy) is 2. The maximum atomic E-state index is 11.4. The van der Waals surface area contributed by atoms with Gasteiger partial charge in [-0.1, -0.05) is 51.5 Å². The molecule has 3 heteroatoms. The number of hydrogen-bond donors (Lipinski definition) is 0. The summed E-state index contributed by atoms with van der Waals surface area (Å²) in [5.74, 6) is 0.721. The third-order valence-electron chi connectivity index (χ3n) is 3.49. The molecule has 0 aromatic rings. The van der Waals surface area contributed by atoms with Gasteiger partial charge in [0.05, 0.1) is 5.76 Å². The molecule has 1 saturated heterocycles. The predicted octanol–water partition coefficient (Wildman–Crippen LogP) is 4.36. The summed E-state index contributed by atoms with van der Waals surface area (Å²) in [5, 5.41) is 0. The second-order valence-electron chi connectivity index (χ2n) is 5.29. The van der Waals surface area contributed by atoms with Crippen LogP contribution in [0.25, 0.3) is 0 Å². The number of allylic oxidation sites excluding steroid dienone is 1. The van der Waals surface area contributed by atoms with E-state index in [-0.39, 0.29) is 5.97 Å². The molecule has 3 nitrogen and oxygen atoms in total. The molecule has 1 aliphatic heterocycles. The lowest BCUT2D eigenvalue weighted by molar-refractivity contribution is -0.144. The average Bonchev–Trinajstić information content (AvgIpc) is 2.40. The van der Waals surface area contributed by atoms with Gasteiger partial charge in [-0.2, -0.15) is 0 Å². The van der Waals surface area contributed by atoms with E-state index in [1.54, 1.807) is 0 Å². The van der Waals surface area contributed by atoms with Crippen molar-refractivity contribution in [3.05, 3.63) is 12.3 Å². The molecule has 0 unspecified atom stereocenters. The molecule has 1 aliphatic rings. The highest BCUT2D eigenvalue weighted by Gasteiger charge is 2.04. The van der Waals surface area contributed by atoms with Crippen LogP contribution >= 0.6 is 0 Å². The Hall–Kier alpha value is -0.990. The van der Waals surface area contributed by atoms with Crippen molar-refractivity contribution >= 4 is 5.97 Å². The summed E-state index contributed by atoms with van der Waals surface area (Å²) in [6.45, 7) is 4.67. The minimum atomic E-state index is -0.0986. The van der Waals surface area contributed by atoms with Crippen molar-refractivity contribution in [2.45, 2.75) is 70.6 Å². The summed E-state index contributed by atoms with van der Waals surface area (Å²) in [7, 11) is 0. The van der Waals surface area contributed by atoms with Crippen LogP contribution in [0, 0.1) is 0 Å². The molecule has 110 valence electrons. The van der Waals surface area contributed by atoms with Crippen LogP contribution in [0.3, 0.4) is 0 Å². The molecular weight excluding hydrogens is 240 g/mol. The fourth-order valence-electron chi connectivity index (χ4n) is 2.31. The average molecular weight is 268 g/mol. The second-order valence-corrected chi connectivity index (χ2v) is 5.29. The first-order valence-electron chi connectivity index (χ1n) is 7.75. The van der Waals surface area contributed by atoms with E-state index in [9.17, 15) is 4.79 Å². The van der Waals surface area contributed by atoms with Crippen LogP contribution in [0.1, 0.15) is 70.6 Å². The molecule has 19 heavy (non-hydrogen) atoms. The lowest BCUT2D eigenvalue weighted by Gasteiger charge is -2.09. The topological polar surface area (TPSA) is 35.5 Å². The first-order valence-corrected chi connectivity index (χ1v) is 7.75. The van der Waals surface area contributed by atoms with Crippen LogP contribution < -0.4 is 0 Å². The van der Waals surface area contributed by atoms with Gasteiger partial charge in [0.25, 0.3) is 0 Å². The molecule has 0 radical (unpaired) electrons. The van der Waals surface area contributed by atoms with Crippen LogP contribution in [0.5, 0.6) is 0 Å². The maximum Gasteiger partial charge on any atom is 0.305 e. The highest BCUT2D eigenvalue weighted by atomic mass is 16.6. The van der Waals surface area contributed by atoms with E-state index < -0.39 is 0 Å². The number of carbonyl (C=O) groups is 1. The summed E-state index contributed by atoms with van der Waals surface area (Å²) in [4.78, 5) is 11.4. The van der Waals surface area contributed by atoms with Gasteiger partial charge in [-0.05, 0) is 12.8 Å². The van der Waals surface area contributed by atoms with Crippen molar-refractivity contribution in [3.63, 3.8) is 0 Å². The molecular formula is C16H28O3. The molecule has 0 saturated carbocycles. The van der Waals surface area contributed by atoms with Crippen LogP contribution in [0.2, 0.25) is 0 Å². The lowest BCUT2D eigenvalue weighted by Crippen LogP contribution is -2.10. The number of cyclic esters (lactones) is 1. The fourth-order valence-corrected chi connectivity index (χ4v) is 2.31. The van der Waals surface area contributed by atoms with Crippen molar-refractivity contribution in [2.24, 2.45) is 0 Å². The summed E-state index contributed by atoms with van der Waals surface area (Å²) >= 11 is 0. The highest BCUT2D eigenvalue weighted by molar-refractivity contribution is 5.69. The summed E-state index contributed by atoms with van der Waals surface area (Å²) in [5.41, 5.74) is 0. The Balaban J connectivity index is 2.22. The molecule has 1 rings (SSSR count). The van der Waals surface area contributed by atoms with Crippen molar-refractivity contribution < 1.29 is 14.3 Å². The Kier molecular flexibility index (Phi) is 9.21. The van der Waals surface area contributed by atoms with Gasteiger partial charge in [0.1, 0.15) is 13.2 Å². The van der Waals surface area contributed by atoms with Crippen molar-refractivity contribution in [2.75, 3.05) is 13.2 Å². The summed E-state index contributed by atoms with van der Waals surface area (Å²) < 4.78 is 10.6. The Morgan fingerprint density at radius 2 is 1.16 bits per heavy atom. The maximum absolute atomic E-state index is 11.4. The van der Waals surface area contributed by atoms with Gasteiger partial charge in [0.15, 0.2) is 0 Å². The zero-order chi connectivity index (χ0) is 13.8. The van der Waals surface area contributed by atoms with Crippen LogP contribution in [-0.4, -0.2) is 19.2 Å². The molecule has 1 heterocycles. The lowest BCUT2D eigenvalue weighted by atomic mass is 10.1. The van der Waals surface area contributed by atoms with Crippen LogP contribution in [-0.2, 0) is 14.3 Å². The SMILES string of the molecule is C=C1CCCCCCCCCCCC(=O)OCCO1. The molecule has 0 aromatic carbocycles. The number of carbonyl (C=O) groups excluding carboxylic acids is 1. The Morgan fingerprint density at radius 1 is 0.684 bits per heavy atom. The highest BCUT2D eigenvalue weighted by Crippen LogP contribution is 2.14. The third-order valence-corrected chi connectivity index (χ3v) is 3.49. The molecule has 0 bridgehead atoms. The van der Waals surface area contributed by atoms with Gasteiger partial charge >= 0.3 is 5.97 Å². The molecule has 0 N–H and O–H groups in total. The van der Waals surface area contributed by atoms with Crippen molar-refractivity contribution in [1.82, 2.24) is 0 Å². The molecule has 0 aliphatic carbocycles. The van der Waals surface area contributed by atoms with Gasteiger partial charge < -0.3 is 9.47 Å². The number of hydrogen-bond acceptors (Lipinski definition) is 3. The third kappa shape index (κ3) is 9.57. The first-order chi connectivity index (χ1) is 9.29. The molecule has 0 amide bonds. The Labute approximate surface area is 117 Å². The smallest absolute Gasteiger partial charge is 0.305 e. The monoisotopic (exact) mass is 268 g/mol. The number of esters is 1. The largest absolute Gasteiger partial charge is 0.495 e. The second kappa shape index (κ2) is 10.9. The minimum absolute atomic E-state index is 0.0986.